The first kappa shape index (κ1) is 18.1. The number of thioether (sulfide) groups is 1. The summed E-state index contributed by atoms with van der Waals surface area (Å²) in [5.74, 6) is 0. The van der Waals surface area contributed by atoms with Gasteiger partial charge in [-0.2, -0.15) is 0 Å². The molecule has 0 aliphatic heterocycles. The fraction of sp³-hybridized carbons (Fsp3) is 0.294. The maximum atomic E-state index is 10.3. The predicted octanol–water partition coefficient (Wildman–Crippen LogP) is 0.624. The van der Waals surface area contributed by atoms with Crippen LogP contribution in [0.4, 0.5) is 0 Å². The maximum Gasteiger partial charge on any atom is 0.0940 e. The molecule has 2 rings (SSSR count). The average molecular weight is 323 g/mol. The Morgan fingerprint density at radius 2 is 1.67 bits per heavy atom. The van der Waals surface area contributed by atoms with E-state index in [4.69, 9.17) is 0 Å². The Bertz CT molecular complexity index is 518. The van der Waals surface area contributed by atoms with Gasteiger partial charge < -0.3 is 22.8 Å². The van der Waals surface area contributed by atoms with E-state index in [1.807, 2.05) is 37.3 Å². The molecular weight excluding hydrogens is 302 g/mol. The molecule has 114 valence electrons. The summed E-state index contributed by atoms with van der Waals surface area (Å²) in [4.78, 5) is 1.27. The second-order valence-corrected chi connectivity index (χ2v) is 5.75. The zero-order valence-electron chi connectivity index (χ0n) is 12.3. The van der Waals surface area contributed by atoms with Crippen LogP contribution in [0.25, 0.3) is 0 Å². The third kappa shape index (κ3) is 5.36. The Hall–Kier alpha value is -1.00. The summed E-state index contributed by atoms with van der Waals surface area (Å²) in [5.41, 5.74) is 2.18. The molecule has 4 heteroatoms. The highest BCUT2D eigenvalue weighted by Gasteiger charge is 2.15. The topological polar surface area (TPSA) is 32.3 Å². The van der Waals surface area contributed by atoms with Crippen LogP contribution in [0.5, 0.6) is 0 Å². The van der Waals surface area contributed by atoms with Crippen molar-refractivity contribution < 1.29 is 17.5 Å². The van der Waals surface area contributed by atoms with E-state index < -0.39 is 6.10 Å². The molecule has 0 radical (unpaired) electrons. The van der Waals surface area contributed by atoms with Crippen LogP contribution < -0.4 is 17.7 Å². The largest absolute Gasteiger partial charge is 1.00 e. The lowest BCUT2D eigenvalue weighted by Gasteiger charge is -2.20. The molecule has 2 unspecified atom stereocenters. The number of aliphatic hydroxyl groups excluding tert-OH is 1. The van der Waals surface area contributed by atoms with Gasteiger partial charge in [0.1, 0.15) is 0 Å². The lowest BCUT2D eigenvalue weighted by atomic mass is 10.0. The second-order valence-electron chi connectivity index (χ2n) is 4.87. The molecule has 0 heterocycles. The maximum absolute atomic E-state index is 10.3. The van der Waals surface area contributed by atoms with Gasteiger partial charge in [-0.15, -0.1) is 11.8 Å². The van der Waals surface area contributed by atoms with Crippen molar-refractivity contribution in [2.45, 2.75) is 30.5 Å². The van der Waals surface area contributed by atoms with Gasteiger partial charge in [0, 0.05) is 17.5 Å². The molecule has 0 saturated carbocycles. The van der Waals surface area contributed by atoms with Crippen molar-refractivity contribution in [3.8, 4) is 0 Å². The Labute approximate surface area is 137 Å². The second kappa shape index (κ2) is 9.11. The van der Waals surface area contributed by atoms with Crippen molar-refractivity contribution in [3.05, 3.63) is 65.7 Å². The van der Waals surface area contributed by atoms with Crippen molar-refractivity contribution >= 4 is 11.8 Å². The standard InChI is InChI=1S/C17H21NOS.ClH/c1-13(17(19)15-6-4-3-5-7-15)18-12-14-8-10-16(20-2)11-9-14;/h3-11,13,17-19H,12H2,1-2H3;1H/p-1. The summed E-state index contributed by atoms with van der Waals surface area (Å²) >= 11 is 1.74. The van der Waals surface area contributed by atoms with Crippen LogP contribution >= 0.6 is 11.8 Å². The molecule has 0 saturated heterocycles. The van der Waals surface area contributed by atoms with E-state index in [2.05, 4.69) is 35.8 Å². The summed E-state index contributed by atoms with van der Waals surface area (Å²) in [6.45, 7) is 2.77. The van der Waals surface area contributed by atoms with Gasteiger partial charge in [0.2, 0.25) is 0 Å². The van der Waals surface area contributed by atoms with E-state index in [1.54, 1.807) is 11.8 Å². The van der Waals surface area contributed by atoms with Crippen molar-refractivity contribution in [2.24, 2.45) is 0 Å². The van der Waals surface area contributed by atoms with Gasteiger partial charge in [-0.1, -0.05) is 42.5 Å². The van der Waals surface area contributed by atoms with Crippen LogP contribution in [0.2, 0.25) is 0 Å². The number of hydrogen-bond donors (Lipinski definition) is 2. The zero-order chi connectivity index (χ0) is 14.4. The highest BCUT2D eigenvalue weighted by atomic mass is 35.5. The van der Waals surface area contributed by atoms with Crippen LogP contribution in [0.3, 0.4) is 0 Å². The average Bonchev–Trinajstić information content (AvgIpc) is 2.53. The van der Waals surface area contributed by atoms with Gasteiger partial charge in [-0.3, -0.25) is 0 Å². The Balaban J connectivity index is 0.00000220. The van der Waals surface area contributed by atoms with Crippen LogP contribution in [0.15, 0.2) is 59.5 Å². The minimum absolute atomic E-state index is 0. The third-order valence-corrected chi connectivity index (χ3v) is 4.15. The molecule has 0 aromatic heterocycles. The summed E-state index contributed by atoms with van der Waals surface area (Å²) in [7, 11) is 0. The number of hydrogen-bond acceptors (Lipinski definition) is 3. The molecule has 2 N–H and O–H groups in total. The SMILES string of the molecule is CSc1ccc(CNC(C)C(O)c2ccccc2)cc1.[Cl-]. The predicted molar refractivity (Wildman–Crippen MR) is 85.9 cm³/mol. The van der Waals surface area contributed by atoms with Crippen LogP contribution in [0.1, 0.15) is 24.2 Å². The van der Waals surface area contributed by atoms with Gasteiger partial charge in [0.05, 0.1) is 6.10 Å². The van der Waals surface area contributed by atoms with Gasteiger partial charge in [0.25, 0.3) is 0 Å². The van der Waals surface area contributed by atoms with Gasteiger partial charge >= 0.3 is 0 Å². The van der Waals surface area contributed by atoms with E-state index in [0.29, 0.717) is 0 Å². The monoisotopic (exact) mass is 322 g/mol. The highest BCUT2D eigenvalue weighted by molar-refractivity contribution is 7.98. The molecule has 2 aromatic rings. The first-order chi connectivity index (χ1) is 9.70. The summed E-state index contributed by atoms with van der Waals surface area (Å²) in [5, 5.41) is 13.7. The number of benzene rings is 2. The molecule has 0 fully saturated rings. The fourth-order valence-electron chi connectivity index (χ4n) is 2.07. The first-order valence-corrected chi connectivity index (χ1v) is 8.02. The number of aliphatic hydroxyl groups is 1. The van der Waals surface area contributed by atoms with Crippen LogP contribution in [-0.4, -0.2) is 17.4 Å². The molecule has 2 aromatic carbocycles. The minimum Gasteiger partial charge on any atom is -1.00 e. The van der Waals surface area contributed by atoms with E-state index in [0.717, 1.165) is 12.1 Å². The van der Waals surface area contributed by atoms with E-state index in [1.165, 1.54) is 10.5 Å². The van der Waals surface area contributed by atoms with Crippen LogP contribution in [0, 0.1) is 0 Å². The number of nitrogens with one attached hydrogen (secondary N) is 1. The first-order valence-electron chi connectivity index (χ1n) is 6.80. The van der Waals surface area contributed by atoms with Crippen molar-refractivity contribution in [3.63, 3.8) is 0 Å². The van der Waals surface area contributed by atoms with Crippen molar-refractivity contribution in [1.82, 2.24) is 5.32 Å². The molecule has 0 spiro atoms. The molecule has 2 atom stereocenters. The highest BCUT2D eigenvalue weighted by Crippen LogP contribution is 2.17. The number of halogens is 1. The molecular formula is C17H21ClNOS-. The molecule has 2 nitrogen and oxygen atoms in total. The Morgan fingerprint density at radius 3 is 2.24 bits per heavy atom. The quantitative estimate of drug-likeness (QED) is 0.765. The Morgan fingerprint density at radius 1 is 1.05 bits per heavy atom. The minimum atomic E-state index is -0.485. The van der Waals surface area contributed by atoms with Gasteiger partial charge in [-0.05, 0) is 36.4 Å². The lowest BCUT2D eigenvalue weighted by Crippen LogP contribution is -3.00. The molecule has 0 aliphatic carbocycles. The third-order valence-electron chi connectivity index (χ3n) is 3.40. The summed E-state index contributed by atoms with van der Waals surface area (Å²) in [6.07, 6.45) is 1.59. The normalized spacial score (nSPS) is 13.3. The lowest BCUT2D eigenvalue weighted by molar-refractivity contribution is -0.00000558. The van der Waals surface area contributed by atoms with Gasteiger partial charge in [-0.25, -0.2) is 0 Å². The summed E-state index contributed by atoms with van der Waals surface area (Å²) in [6, 6.07) is 18.3. The molecule has 0 amide bonds. The van der Waals surface area contributed by atoms with E-state index >= 15 is 0 Å². The van der Waals surface area contributed by atoms with E-state index in [-0.39, 0.29) is 18.4 Å². The van der Waals surface area contributed by atoms with Gasteiger partial charge in [0.15, 0.2) is 0 Å². The smallest absolute Gasteiger partial charge is 0.0940 e. The number of rotatable bonds is 6. The Kier molecular flexibility index (Phi) is 7.83. The van der Waals surface area contributed by atoms with Crippen molar-refractivity contribution in [1.29, 1.82) is 0 Å². The molecule has 21 heavy (non-hydrogen) atoms. The molecule has 0 bridgehead atoms. The fourth-order valence-corrected chi connectivity index (χ4v) is 2.48. The van der Waals surface area contributed by atoms with Crippen LogP contribution in [-0.2, 0) is 6.54 Å². The van der Waals surface area contributed by atoms with E-state index in [9.17, 15) is 5.11 Å². The summed E-state index contributed by atoms with van der Waals surface area (Å²) < 4.78 is 0. The molecule has 0 aliphatic rings. The van der Waals surface area contributed by atoms with Crippen molar-refractivity contribution in [2.75, 3.05) is 6.26 Å². The zero-order valence-corrected chi connectivity index (χ0v) is 13.9.